The fourth-order valence-corrected chi connectivity index (χ4v) is 2.11. The molecule has 0 bridgehead atoms. The van der Waals surface area contributed by atoms with Gasteiger partial charge in [0.05, 0.1) is 18.0 Å². The Labute approximate surface area is 96.1 Å². The van der Waals surface area contributed by atoms with Crippen LogP contribution >= 0.6 is 0 Å². The predicted octanol–water partition coefficient (Wildman–Crippen LogP) is 1.18. The van der Waals surface area contributed by atoms with E-state index in [4.69, 9.17) is 5.73 Å². The molecule has 2 heterocycles. The van der Waals surface area contributed by atoms with Crippen LogP contribution in [0.5, 0.6) is 0 Å². The summed E-state index contributed by atoms with van der Waals surface area (Å²) >= 11 is 0. The van der Waals surface area contributed by atoms with Gasteiger partial charge in [0.1, 0.15) is 5.82 Å². The standard InChI is InChI=1S/C12H19N3O/c1-8-5-12(14-6-11(8)13)15-4-3-10(7-15)9(2)16/h5-6,9-10,16H,3-4,7,13H2,1-2H3. The van der Waals surface area contributed by atoms with Crippen LogP contribution in [0.2, 0.25) is 0 Å². The fraction of sp³-hybridized carbons (Fsp3) is 0.583. The molecule has 2 rings (SSSR count). The van der Waals surface area contributed by atoms with Gasteiger partial charge in [0, 0.05) is 19.0 Å². The molecule has 88 valence electrons. The molecule has 0 spiro atoms. The van der Waals surface area contributed by atoms with E-state index in [0.717, 1.165) is 36.6 Å². The van der Waals surface area contributed by atoms with Gasteiger partial charge in [-0.1, -0.05) is 0 Å². The number of aliphatic hydroxyl groups is 1. The van der Waals surface area contributed by atoms with Gasteiger partial charge in [-0.25, -0.2) is 4.98 Å². The Bertz CT molecular complexity index is 379. The van der Waals surface area contributed by atoms with Crippen molar-refractivity contribution < 1.29 is 5.11 Å². The minimum atomic E-state index is -0.236. The maximum absolute atomic E-state index is 9.55. The first-order valence-electron chi connectivity index (χ1n) is 5.73. The third-order valence-corrected chi connectivity index (χ3v) is 3.37. The minimum Gasteiger partial charge on any atom is -0.397 e. The second kappa shape index (κ2) is 4.29. The smallest absolute Gasteiger partial charge is 0.128 e. The van der Waals surface area contributed by atoms with Crippen LogP contribution in [0.15, 0.2) is 12.3 Å². The third-order valence-electron chi connectivity index (χ3n) is 3.37. The Kier molecular flexibility index (Phi) is 3.01. The Morgan fingerprint density at radius 1 is 1.62 bits per heavy atom. The highest BCUT2D eigenvalue weighted by atomic mass is 16.3. The molecule has 2 atom stereocenters. The van der Waals surface area contributed by atoms with E-state index in [1.54, 1.807) is 6.20 Å². The molecule has 0 saturated carbocycles. The maximum atomic E-state index is 9.55. The van der Waals surface area contributed by atoms with E-state index >= 15 is 0 Å². The van der Waals surface area contributed by atoms with Crippen molar-refractivity contribution in [2.75, 3.05) is 23.7 Å². The van der Waals surface area contributed by atoms with Gasteiger partial charge in [0.25, 0.3) is 0 Å². The molecule has 0 aromatic carbocycles. The molecule has 2 unspecified atom stereocenters. The number of hydrogen-bond donors (Lipinski definition) is 2. The van der Waals surface area contributed by atoms with E-state index in [9.17, 15) is 5.11 Å². The summed E-state index contributed by atoms with van der Waals surface area (Å²) in [5.74, 6) is 1.33. The summed E-state index contributed by atoms with van der Waals surface area (Å²) in [7, 11) is 0. The number of nitrogen functional groups attached to an aromatic ring is 1. The number of aliphatic hydroxyl groups excluding tert-OH is 1. The number of aryl methyl sites for hydroxylation is 1. The molecule has 0 radical (unpaired) electrons. The van der Waals surface area contributed by atoms with Crippen molar-refractivity contribution in [3.8, 4) is 0 Å². The number of hydrogen-bond acceptors (Lipinski definition) is 4. The van der Waals surface area contributed by atoms with Crippen molar-refractivity contribution in [1.29, 1.82) is 0 Å². The SMILES string of the molecule is Cc1cc(N2CCC(C(C)O)C2)ncc1N. The average Bonchev–Trinajstić information content (AvgIpc) is 2.71. The van der Waals surface area contributed by atoms with Crippen LogP contribution in [0.25, 0.3) is 0 Å². The van der Waals surface area contributed by atoms with Crippen LogP contribution in [0.3, 0.4) is 0 Å². The van der Waals surface area contributed by atoms with E-state index in [1.807, 2.05) is 19.9 Å². The lowest BCUT2D eigenvalue weighted by Crippen LogP contribution is -2.24. The van der Waals surface area contributed by atoms with Crippen LogP contribution in [0.1, 0.15) is 18.9 Å². The summed E-state index contributed by atoms with van der Waals surface area (Å²) < 4.78 is 0. The fourth-order valence-electron chi connectivity index (χ4n) is 2.11. The van der Waals surface area contributed by atoms with E-state index in [2.05, 4.69) is 9.88 Å². The summed E-state index contributed by atoms with van der Waals surface area (Å²) in [6.07, 6.45) is 2.50. The van der Waals surface area contributed by atoms with Crippen LogP contribution in [-0.2, 0) is 0 Å². The van der Waals surface area contributed by atoms with Gasteiger partial charge < -0.3 is 15.7 Å². The van der Waals surface area contributed by atoms with Gasteiger partial charge in [-0.05, 0) is 31.9 Å². The van der Waals surface area contributed by atoms with Gasteiger partial charge in [0.15, 0.2) is 0 Å². The normalized spacial score (nSPS) is 22.4. The van der Waals surface area contributed by atoms with Gasteiger partial charge in [-0.3, -0.25) is 0 Å². The molecule has 0 amide bonds. The summed E-state index contributed by atoms with van der Waals surface area (Å²) in [4.78, 5) is 6.55. The zero-order valence-corrected chi connectivity index (χ0v) is 9.85. The highest BCUT2D eigenvalue weighted by molar-refractivity contribution is 5.52. The lowest BCUT2D eigenvalue weighted by Gasteiger charge is -2.19. The highest BCUT2D eigenvalue weighted by Crippen LogP contribution is 2.25. The van der Waals surface area contributed by atoms with Gasteiger partial charge in [-0.2, -0.15) is 0 Å². The summed E-state index contributed by atoms with van der Waals surface area (Å²) in [5.41, 5.74) is 7.53. The monoisotopic (exact) mass is 221 g/mol. The Balaban J connectivity index is 2.11. The van der Waals surface area contributed by atoms with E-state index < -0.39 is 0 Å². The lowest BCUT2D eigenvalue weighted by molar-refractivity contribution is 0.136. The molecule has 4 heteroatoms. The molecule has 1 fully saturated rings. The first-order valence-corrected chi connectivity index (χ1v) is 5.73. The van der Waals surface area contributed by atoms with Crippen molar-refractivity contribution in [3.05, 3.63) is 17.8 Å². The van der Waals surface area contributed by atoms with E-state index in [1.165, 1.54) is 0 Å². The zero-order valence-electron chi connectivity index (χ0n) is 9.85. The second-order valence-corrected chi connectivity index (χ2v) is 4.63. The van der Waals surface area contributed by atoms with Crippen LogP contribution < -0.4 is 10.6 Å². The Hall–Kier alpha value is -1.29. The van der Waals surface area contributed by atoms with Gasteiger partial charge in [-0.15, -0.1) is 0 Å². The topological polar surface area (TPSA) is 62.4 Å². The maximum Gasteiger partial charge on any atom is 0.128 e. The van der Waals surface area contributed by atoms with Gasteiger partial charge in [0.2, 0.25) is 0 Å². The largest absolute Gasteiger partial charge is 0.397 e. The Morgan fingerprint density at radius 2 is 2.38 bits per heavy atom. The molecule has 1 aliphatic rings. The number of pyridine rings is 1. The lowest BCUT2D eigenvalue weighted by atomic mass is 10.0. The average molecular weight is 221 g/mol. The second-order valence-electron chi connectivity index (χ2n) is 4.63. The number of nitrogens with two attached hydrogens (primary N) is 1. The quantitative estimate of drug-likeness (QED) is 0.787. The zero-order chi connectivity index (χ0) is 11.7. The van der Waals surface area contributed by atoms with Crippen LogP contribution in [0.4, 0.5) is 11.5 Å². The number of rotatable bonds is 2. The van der Waals surface area contributed by atoms with E-state index in [-0.39, 0.29) is 6.10 Å². The first kappa shape index (κ1) is 11.2. The highest BCUT2D eigenvalue weighted by Gasteiger charge is 2.26. The van der Waals surface area contributed by atoms with Crippen molar-refractivity contribution in [3.63, 3.8) is 0 Å². The van der Waals surface area contributed by atoms with Crippen LogP contribution in [0, 0.1) is 12.8 Å². The molecule has 1 aromatic heterocycles. The summed E-state index contributed by atoms with van der Waals surface area (Å²) in [6.45, 7) is 5.69. The first-order chi connectivity index (χ1) is 7.58. The van der Waals surface area contributed by atoms with Gasteiger partial charge >= 0.3 is 0 Å². The molecule has 4 nitrogen and oxygen atoms in total. The Morgan fingerprint density at radius 3 is 2.94 bits per heavy atom. The number of nitrogens with zero attached hydrogens (tertiary/aromatic N) is 2. The van der Waals surface area contributed by atoms with Crippen molar-refractivity contribution >= 4 is 11.5 Å². The predicted molar refractivity (Wildman–Crippen MR) is 65.4 cm³/mol. The molecule has 3 N–H and O–H groups in total. The van der Waals surface area contributed by atoms with Crippen molar-refractivity contribution in [2.24, 2.45) is 5.92 Å². The molecule has 16 heavy (non-hydrogen) atoms. The molecule has 1 aliphatic heterocycles. The number of aromatic nitrogens is 1. The molecule has 1 saturated heterocycles. The minimum absolute atomic E-state index is 0.236. The van der Waals surface area contributed by atoms with Crippen LogP contribution in [-0.4, -0.2) is 29.3 Å². The molecule has 0 aliphatic carbocycles. The van der Waals surface area contributed by atoms with E-state index in [0.29, 0.717) is 5.92 Å². The molecular formula is C12H19N3O. The molecule has 1 aromatic rings. The summed E-state index contributed by atoms with van der Waals surface area (Å²) in [5, 5.41) is 9.55. The van der Waals surface area contributed by atoms with Crippen molar-refractivity contribution in [1.82, 2.24) is 4.98 Å². The third kappa shape index (κ3) is 2.11. The molecular weight excluding hydrogens is 202 g/mol. The number of anilines is 2. The summed E-state index contributed by atoms with van der Waals surface area (Å²) in [6, 6.07) is 2.01. The van der Waals surface area contributed by atoms with Crippen molar-refractivity contribution in [2.45, 2.75) is 26.4 Å².